The van der Waals surface area contributed by atoms with Gasteiger partial charge in [-0.25, -0.2) is 4.79 Å². The summed E-state index contributed by atoms with van der Waals surface area (Å²) in [5.41, 5.74) is 0.575. The number of esters is 1. The number of aliphatic carboxylic acids is 1. The molecule has 0 bridgehead atoms. The molecule has 0 radical (unpaired) electrons. The summed E-state index contributed by atoms with van der Waals surface area (Å²) in [4.78, 5) is 39.8. The molecule has 0 aliphatic carbocycles. The van der Waals surface area contributed by atoms with Gasteiger partial charge in [-0.1, -0.05) is 48.0 Å². The quantitative estimate of drug-likeness (QED) is 0.782. The van der Waals surface area contributed by atoms with E-state index in [0.717, 1.165) is 5.56 Å². The molecule has 3 atom stereocenters. The summed E-state index contributed by atoms with van der Waals surface area (Å²) in [6.45, 7) is 5.33. The Morgan fingerprint density at radius 2 is 1.72 bits per heavy atom. The molecule has 0 spiro atoms. The molecule has 1 fully saturated rings. The first-order chi connectivity index (χ1) is 13.8. The molecule has 1 amide bonds. The Morgan fingerprint density at radius 1 is 1.10 bits per heavy atom. The molecule has 0 aromatic heterocycles. The molecular formula is C23H25NO5. The van der Waals surface area contributed by atoms with Crippen LogP contribution in [0.15, 0.2) is 54.6 Å². The van der Waals surface area contributed by atoms with Crippen molar-refractivity contribution >= 4 is 17.8 Å². The molecule has 0 saturated carbocycles. The van der Waals surface area contributed by atoms with Crippen LogP contribution in [0.2, 0.25) is 0 Å². The van der Waals surface area contributed by atoms with Crippen molar-refractivity contribution in [3.63, 3.8) is 0 Å². The van der Waals surface area contributed by atoms with Crippen LogP contribution in [-0.4, -0.2) is 40.0 Å². The Kier molecular flexibility index (Phi) is 5.73. The van der Waals surface area contributed by atoms with E-state index in [1.54, 1.807) is 37.3 Å². The van der Waals surface area contributed by atoms with Gasteiger partial charge in [-0.2, -0.15) is 0 Å². The number of hydrogen-bond acceptors (Lipinski definition) is 4. The second-order valence-electron chi connectivity index (χ2n) is 7.54. The van der Waals surface area contributed by atoms with Crippen LogP contribution in [-0.2, 0) is 14.3 Å². The van der Waals surface area contributed by atoms with E-state index in [1.165, 1.54) is 11.8 Å². The smallest absolute Gasteiger partial charge is 0.329 e. The molecule has 1 aliphatic heterocycles. The van der Waals surface area contributed by atoms with Crippen molar-refractivity contribution in [3.8, 4) is 0 Å². The molecular weight excluding hydrogens is 370 g/mol. The van der Waals surface area contributed by atoms with Crippen molar-refractivity contribution < 1.29 is 24.2 Å². The fourth-order valence-electron chi connectivity index (χ4n) is 3.99. The predicted octanol–water partition coefficient (Wildman–Crippen LogP) is 3.60. The lowest BCUT2D eigenvalue weighted by molar-refractivity contribution is -0.148. The van der Waals surface area contributed by atoms with Gasteiger partial charge in [-0.3, -0.25) is 9.59 Å². The predicted molar refractivity (Wildman–Crippen MR) is 107 cm³/mol. The maximum atomic E-state index is 13.5. The fourth-order valence-corrected chi connectivity index (χ4v) is 3.99. The van der Waals surface area contributed by atoms with E-state index in [9.17, 15) is 19.5 Å². The lowest BCUT2D eigenvalue weighted by Gasteiger charge is -2.36. The largest absolute Gasteiger partial charge is 0.480 e. The number of aryl methyl sites for hydroxylation is 1. The third kappa shape index (κ3) is 3.75. The van der Waals surface area contributed by atoms with E-state index in [-0.39, 0.29) is 13.0 Å². The van der Waals surface area contributed by atoms with Gasteiger partial charge in [-0.05, 0) is 44.9 Å². The molecule has 29 heavy (non-hydrogen) atoms. The van der Waals surface area contributed by atoms with Gasteiger partial charge in [0.1, 0.15) is 5.54 Å². The van der Waals surface area contributed by atoms with Crippen molar-refractivity contribution in [2.45, 2.75) is 38.8 Å². The van der Waals surface area contributed by atoms with Gasteiger partial charge in [0.2, 0.25) is 0 Å². The molecule has 6 heteroatoms. The zero-order valence-corrected chi connectivity index (χ0v) is 16.8. The highest BCUT2D eigenvalue weighted by Gasteiger charge is 2.58. The number of nitrogens with zero attached hydrogens (tertiary/aromatic N) is 1. The van der Waals surface area contributed by atoms with Crippen LogP contribution < -0.4 is 0 Å². The Bertz CT molecular complexity index is 909. The topological polar surface area (TPSA) is 83.9 Å². The van der Waals surface area contributed by atoms with Gasteiger partial charge in [0, 0.05) is 5.56 Å². The normalized spacial score (nSPS) is 23.6. The first kappa shape index (κ1) is 20.6. The minimum atomic E-state index is -1.54. The molecule has 3 unspecified atom stereocenters. The maximum absolute atomic E-state index is 13.5. The molecule has 1 N–H and O–H groups in total. The van der Waals surface area contributed by atoms with Gasteiger partial charge < -0.3 is 14.7 Å². The number of carbonyl (C=O) groups is 3. The van der Waals surface area contributed by atoms with Gasteiger partial charge in [0.25, 0.3) is 5.91 Å². The van der Waals surface area contributed by atoms with Crippen molar-refractivity contribution in [2.75, 3.05) is 6.61 Å². The summed E-state index contributed by atoms with van der Waals surface area (Å²) in [7, 11) is 0. The van der Waals surface area contributed by atoms with Gasteiger partial charge in [0.15, 0.2) is 0 Å². The summed E-state index contributed by atoms with van der Waals surface area (Å²) < 4.78 is 5.24. The van der Waals surface area contributed by atoms with Crippen LogP contribution in [0.3, 0.4) is 0 Å². The number of ether oxygens (including phenoxy) is 1. The Morgan fingerprint density at radius 3 is 2.28 bits per heavy atom. The van der Waals surface area contributed by atoms with E-state index < -0.39 is 35.3 Å². The minimum Gasteiger partial charge on any atom is -0.480 e. The van der Waals surface area contributed by atoms with Crippen LogP contribution in [0.4, 0.5) is 0 Å². The van der Waals surface area contributed by atoms with E-state index in [4.69, 9.17) is 4.74 Å². The van der Waals surface area contributed by atoms with E-state index >= 15 is 0 Å². The number of likely N-dealkylation sites (tertiary alicyclic amines) is 1. The number of benzene rings is 2. The lowest BCUT2D eigenvalue weighted by atomic mass is 9.90. The van der Waals surface area contributed by atoms with E-state index in [2.05, 4.69) is 0 Å². The van der Waals surface area contributed by atoms with Crippen molar-refractivity contribution in [1.82, 2.24) is 4.90 Å². The van der Waals surface area contributed by atoms with Crippen molar-refractivity contribution in [2.24, 2.45) is 5.92 Å². The Labute approximate surface area is 170 Å². The average molecular weight is 395 g/mol. The summed E-state index contributed by atoms with van der Waals surface area (Å²) in [5, 5.41) is 10.0. The van der Waals surface area contributed by atoms with Crippen molar-refractivity contribution in [3.05, 3.63) is 71.3 Å². The minimum absolute atomic E-state index is 0.0156. The number of carboxylic acid groups (broad SMARTS) is 1. The van der Waals surface area contributed by atoms with E-state index in [1.807, 2.05) is 31.2 Å². The second-order valence-corrected chi connectivity index (χ2v) is 7.54. The Balaban J connectivity index is 2.16. The summed E-state index contributed by atoms with van der Waals surface area (Å²) in [5.74, 6) is -2.83. The van der Waals surface area contributed by atoms with Gasteiger partial charge in [0.05, 0.1) is 18.6 Å². The zero-order valence-electron chi connectivity index (χ0n) is 16.8. The number of carbonyl (C=O) groups excluding carboxylic acids is 2. The molecule has 1 heterocycles. The monoisotopic (exact) mass is 395 g/mol. The van der Waals surface area contributed by atoms with Crippen molar-refractivity contribution in [1.29, 1.82) is 0 Å². The fraction of sp³-hybridized carbons (Fsp3) is 0.348. The standard InChI is InChI=1S/C23H25NO5/c1-4-29-21(26)18-14-23(3,22(27)28)24(20(25)17-8-6-5-7-9-17)19(18)16-12-10-15(2)11-13-16/h5-13,18-19H,4,14H2,1-3H3,(H,27,28). The van der Waals surface area contributed by atoms with Crippen LogP contribution in [0.1, 0.15) is 47.8 Å². The van der Waals surface area contributed by atoms with Gasteiger partial charge in [-0.15, -0.1) is 0 Å². The molecule has 1 aliphatic rings. The first-order valence-corrected chi connectivity index (χ1v) is 9.65. The Hall–Kier alpha value is -3.15. The third-order valence-electron chi connectivity index (χ3n) is 5.52. The van der Waals surface area contributed by atoms with Crippen LogP contribution in [0, 0.1) is 12.8 Å². The maximum Gasteiger partial charge on any atom is 0.329 e. The zero-order chi connectivity index (χ0) is 21.2. The van der Waals surface area contributed by atoms with Crippen LogP contribution in [0.5, 0.6) is 0 Å². The van der Waals surface area contributed by atoms with Gasteiger partial charge >= 0.3 is 11.9 Å². The second kappa shape index (κ2) is 8.07. The number of rotatable bonds is 5. The first-order valence-electron chi connectivity index (χ1n) is 9.65. The summed E-state index contributed by atoms with van der Waals surface area (Å²) in [6.07, 6.45) is -0.0156. The highest BCUT2D eigenvalue weighted by Crippen LogP contribution is 2.48. The summed E-state index contributed by atoms with van der Waals surface area (Å²) in [6, 6.07) is 15.3. The molecule has 2 aromatic carbocycles. The number of hydrogen-bond donors (Lipinski definition) is 1. The average Bonchev–Trinajstić information content (AvgIpc) is 3.03. The molecule has 152 valence electrons. The SMILES string of the molecule is CCOC(=O)C1CC(C)(C(=O)O)N(C(=O)c2ccccc2)C1c1ccc(C)cc1. The highest BCUT2D eigenvalue weighted by atomic mass is 16.5. The highest BCUT2D eigenvalue weighted by molar-refractivity contribution is 5.99. The van der Waals surface area contributed by atoms with Crippen LogP contribution >= 0.6 is 0 Å². The molecule has 2 aromatic rings. The van der Waals surface area contributed by atoms with E-state index in [0.29, 0.717) is 11.1 Å². The van der Waals surface area contributed by atoms with Crippen LogP contribution in [0.25, 0.3) is 0 Å². The third-order valence-corrected chi connectivity index (χ3v) is 5.52. The lowest BCUT2D eigenvalue weighted by Crippen LogP contribution is -2.51. The molecule has 1 saturated heterocycles. The molecule has 3 rings (SSSR count). The number of carboxylic acids is 1. The molecule has 6 nitrogen and oxygen atoms in total. The summed E-state index contributed by atoms with van der Waals surface area (Å²) >= 11 is 0. The number of amides is 1.